The fourth-order valence-corrected chi connectivity index (χ4v) is 0.828. The second kappa shape index (κ2) is 9.71. The van der Waals surface area contributed by atoms with Crippen LogP contribution in [0.3, 0.4) is 0 Å². The van der Waals surface area contributed by atoms with Crippen LogP contribution in [0.5, 0.6) is 0 Å². The van der Waals surface area contributed by atoms with Gasteiger partial charge in [0.1, 0.15) is 0 Å². The Morgan fingerprint density at radius 1 is 1.57 bits per heavy atom. The molecule has 1 aromatic heterocycles. The summed E-state index contributed by atoms with van der Waals surface area (Å²) in [6.45, 7) is 8.49. The molecule has 3 nitrogen and oxygen atoms in total. The van der Waals surface area contributed by atoms with Crippen LogP contribution in [0.25, 0.3) is 0 Å². The summed E-state index contributed by atoms with van der Waals surface area (Å²) in [5.41, 5.74) is 0.952. The van der Waals surface area contributed by atoms with E-state index in [9.17, 15) is 0 Å². The predicted molar refractivity (Wildman–Crippen MR) is 61.8 cm³/mol. The van der Waals surface area contributed by atoms with Crippen molar-refractivity contribution in [2.45, 2.75) is 26.7 Å². The first-order chi connectivity index (χ1) is 6.93. The molecule has 0 amide bonds. The van der Waals surface area contributed by atoms with Crippen molar-refractivity contribution in [2.75, 3.05) is 6.54 Å². The molecule has 0 atom stereocenters. The average Bonchev–Trinajstić information content (AvgIpc) is 2.74. The van der Waals surface area contributed by atoms with Crippen LogP contribution in [0.1, 0.15) is 32.4 Å². The first-order valence-electron chi connectivity index (χ1n) is 5.03. The summed E-state index contributed by atoms with van der Waals surface area (Å²) < 4.78 is 0. The number of hydrogen-bond donors (Lipinski definition) is 1. The molecule has 1 heterocycles. The third-order valence-electron chi connectivity index (χ3n) is 1.45. The largest absolute Gasteiger partial charge is 0.291 e. The van der Waals surface area contributed by atoms with Crippen LogP contribution < -0.4 is 0 Å². The van der Waals surface area contributed by atoms with E-state index in [0.29, 0.717) is 0 Å². The van der Waals surface area contributed by atoms with Crippen LogP contribution in [0.4, 0.5) is 0 Å². The summed E-state index contributed by atoms with van der Waals surface area (Å²) in [6, 6.07) is 1.89. The fraction of sp³-hybridized carbons (Fsp3) is 0.455. The van der Waals surface area contributed by atoms with E-state index < -0.39 is 0 Å². The number of allylic oxidation sites excluding steroid dienone is 1. The van der Waals surface area contributed by atoms with Crippen molar-refractivity contribution in [1.29, 1.82) is 0 Å². The van der Waals surface area contributed by atoms with Crippen LogP contribution in [-0.4, -0.2) is 23.0 Å². The highest BCUT2D eigenvalue weighted by atomic mass is 15.1. The Morgan fingerprint density at radius 3 is 2.93 bits per heavy atom. The Morgan fingerprint density at radius 2 is 2.36 bits per heavy atom. The first-order valence-corrected chi connectivity index (χ1v) is 5.03. The van der Waals surface area contributed by atoms with Crippen molar-refractivity contribution in [3.63, 3.8) is 0 Å². The van der Waals surface area contributed by atoms with Gasteiger partial charge < -0.3 is 0 Å². The average molecular weight is 193 g/mol. The Labute approximate surface area is 86.0 Å². The van der Waals surface area contributed by atoms with Gasteiger partial charge in [-0.25, -0.2) is 0 Å². The van der Waals surface area contributed by atoms with E-state index in [-0.39, 0.29) is 0 Å². The lowest BCUT2D eigenvalue weighted by molar-refractivity contribution is 0.859. The monoisotopic (exact) mass is 193 g/mol. The third-order valence-corrected chi connectivity index (χ3v) is 1.45. The molecule has 78 valence electrons. The first kappa shape index (κ1) is 12.6. The number of aliphatic imine (C=N–C) groups is 1. The lowest BCUT2D eigenvalue weighted by Gasteiger charge is -1.88. The van der Waals surface area contributed by atoms with Crippen LogP contribution in [-0.2, 0) is 0 Å². The Balaban J connectivity index is 0.000000791. The van der Waals surface area contributed by atoms with E-state index in [1.165, 1.54) is 0 Å². The van der Waals surface area contributed by atoms with Crippen molar-refractivity contribution in [2.24, 2.45) is 4.99 Å². The van der Waals surface area contributed by atoms with E-state index in [1.807, 2.05) is 26.0 Å². The summed E-state index contributed by atoms with van der Waals surface area (Å²) in [6.07, 6.45) is 7.52. The summed E-state index contributed by atoms with van der Waals surface area (Å²) in [4.78, 5) is 4.21. The summed E-state index contributed by atoms with van der Waals surface area (Å²) in [5.74, 6) is 0. The second-order valence-corrected chi connectivity index (χ2v) is 2.48. The number of hydrogen-bond acceptors (Lipinski definition) is 2. The van der Waals surface area contributed by atoms with Gasteiger partial charge in [-0.3, -0.25) is 10.1 Å². The predicted octanol–water partition coefficient (Wildman–Crippen LogP) is 2.82. The van der Waals surface area contributed by atoms with Crippen LogP contribution in [0.2, 0.25) is 0 Å². The van der Waals surface area contributed by atoms with Gasteiger partial charge in [0.05, 0.1) is 5.69 Å². The fourth-order valence-electron chi connectivity index (χ4n) is 0.828. The summed E-state index contributed by atoms with van der Waals surface area (Å²) in [5, 5.41) is 6.61. The van der Waals surface area contributed by atoms with Crippen molar-refractivity contribution < 1.29 is 0 Å². The van der Waals surface area contributed by atoms with Gasteiger partial charge in [0.15, 0.2) is 0 Å². The SMILES string of the molecule is C=CCCCN=Cc1ccn[nH]1.CC. The Kier molecular flexibility index (Phi) is 8.75. The molecular formula is C11H19N3. The minimum absolute atomic E-state index is 0.852. The van der Waals surface area contributed by atoms with Crippen molar-refractivity contribution in [3.8, 4) is 0 Å². The van der Waals surface area contributed by atoms with Crippen molar-refractivity contribution in [1.82, 2.24) is 10.2 Å². The maximum atomic E-state index is 4.21. The molecule has 0 aliphatic rings. The van der Waals surface area contributed by atoms with Gasteiger partial charge in [0, 0.05) is 19.0 Å². The molecule has 0 aliphatic heterocycles. The highest BCUT2D eigenvalue weighted by Gasteiger charge is 1.85. The molecule has 0 aliphatic carbocycles. The van der Waals surface area contributed by atoms with Crippen LogP contribution in [0.15, 0.2) is 29.9 Å². The van der Waals surface area contributed by atoms with Gasteiger partial charge in [-0.1, -0.05) is 19.9 Å². The molecule has 0 unspecified atom stereocenters. The molecule has 0 fully saturated rings. The number of unbranched alkanes of at least 4 members (excludes halogenated alkanes) is 1. The zero-order valence-corrected chi connectivity index (χ0v) is 9.03. The lowest BCUT2D eigenvalue weighted by Crippen LogP contribution is -1.84. The van der Waals surface area contributed by atoms with Gasteiger partial charge in [-0.2, -0.15) is 5.10 Å². The van der Waals surface area contributed by atoms with Crippen LogP contribution >= 0.6 is 0 Å². The van der Waals surface area contributed by atoms with Crippen molar-refractivity contribution >= 4 is 6.21 Å². The smallest absolute Gasteiger partial charge is 0.0756 e. The molecule has 0 spiro atoms. The van der Waals surface area contributed by atoms with Crippen molar-refractivity contribution in [3.05, 3.63) is 30.6 Å². The molecule has 0 saturated heterocycles. The number of H-pyrrole nitrogens is 1. The number of aromatic amines is 1. The standard InChI is InChI=1S/C9H13N3.C2H6/c1-2-3-4-6-10-8-9-5-7-11-12-9;1-2/h2,5,7-8H,1,3-4,6H2,(H,11,12);1-2H3. The molecule has 0 radical (unpaired) electrons. The Bertz CT molecular complexity index is 237. The normalized spacial score (nSPS) is 9.57. The zero-order valence-electron chi connectivity index (χ0n) is 9.03. The van der Waals surface area contributed by atoms with Gasteiger partial charge >= 0.3 is 0 Å². The summed E-state index contributed by atoms with van der Waals surface area (Å²) >= 11 is 0. The molecule has 0 aromatic carbocycles. The highest BCUT2D eigenvalue weighted by molar-refractivity contribution is 5.76. The molecule has 1 aromatic rings. The topological polar surface area (TPSA) is 41.0 Å². The highest BCUT2D eigenvalue weighted by Crippen LogP contribution is 1.90. The minimum Gasteiger partial charge on any atom is -0.291 e. The lowest BCUT2D eigenvalue weighted by atomic mass is 10.3. The van der Waals surface area contributed by atoms with E-state index in [1.54, 1.807) is 12.4 Å². The van der Waals surface area contributed by atoms with Crippen LogP contribution in [0, 0.1) is 0 Å². The zero-order chi connectivity index (χ0) is 10.6. The van der Waals surface area contributed by atoms with Gasteiger partial charge in [0.25, 0.3) is 0 Å². The summed E-state index contributed by atoms with van der Waals surface area (Å²) in [7, 11) is 0. The molecule has 3 heteroatoms. The molecule has 0 bridgehead atoms. The van der Waals surface area contributed by atoms with E-state index in [2.05, 4.69) is 21.8 Å². The number of nitrogens with zero attached hydrogens (tertiary/aromatic N) is 2. The molecule has 0 saturated carbocycles. The van der Waals surface area contributed by atoms with Gasteiger partial charge in [-0.15, -0.1) is 6.58 Å². The molecule has 14 heavy (non-hydrogen) atoms. The van der Waals surface area contributed by atoms with Gasteiger partial charge in [0.2, 0.25) is 0 Å². The number of aromatic nitrogens is 2. The van der Waals surface area contributed by atoms with E-state index >= 15 is 0 Å². The number of nitrogens with one attached hydrogen (secondary N) is 1. The van der Waals surface area contributed by atoms with E-state index in [0.717, 1.165) is 25.1 Å². The number of rotatable bonds is 5. The third kappa shape index (κ3) is 6.17. The maximum absolute atomic E-state index is 4.21. The molecule has 1 N–H and O–H groups in total. The van der Waals surface area contributed by atoms with E-state index in [4.69, 9.17) is 0 Å². The quantitative estimate of drug-likeness (QED) is 0.436. The molecule has 1 rings (SSSR count). The molecular weight excluding hydrogens is 174 g/mol. The Hall–Kier alpha value is -1.38. The second-order valence-electron chi connectivity index (χ2n) is 2.48. The minimum atomic E-state index is 0.852. The maximum Gasteiger partial charge on any atom is 0.0756 e. The van der Waals surface area contributed by atoms with Gasteiger partial charge in [-0.05, 0) is 18.9 Å².